The van der Waals surface area contributed by atoms with Crippen LogP contribution in [0.5, 0.6) is 0 Å². The van der Waals surface area contributed by atoms with E-state index in [1.165, 1.54) is 0 Å². The fourth-order valence-corrected chi connectivity index (χ4v) is 1.16. The van der Waals surface area contributed by atoms with E-state index in [-0.39, 0.29) is 0 Å². The Morgan fingerprint density at radius 3 is 2.64 bits per heavy atom. The Morgan fingerprint density at radius 1 is 1.50 bits per heavy atom. The van der Waals surface area contributed by atoms with Crippen molar-refractivity contribution in [2.75, 3.05) is 5.73 Å². The first-order chi connectivity index (χ1) is 6.50. The molecule has 0 aliphatic carbocycles. The Kier molecular flexibility index (Phi) is 3.14. The third kappa shape index (κ3) is 2.50. The molecule has 0 aromatic heterocycles. The summed E-state index contributed by atoms with van der Waals surface area (Å²) < 4.78 is 0. The monoisotopic (exact) mass is 210 g/mol. The first-order valence-electron chi connectivity index (χ1n) is 4.04. The highest BCUT2D eigenvalue weighted by Gasteiger charge is 2.00. The van der Waals surface area contributed by atoms with Crippen molar-refractivity contribution in [3.8, 4) is 0 Å². The normalized spacial score (nSPS) is 11.4. The zero-order valence-corrected chi connectivity index (χ0v) is 8.51. The summed E-state index contributed by atoms with van der Waals surface area (Å²) in [5.41, 5.74) is 12.5. The third-order valence-corrected chi connectivity index (χ3v) is 2.04. The summed E-state index contributed by atoms with van der Waals surface area (Å²) in [4.78, 5) is 10.8. The quantitative estimate of drug-likeness (QED) is 0.578. The average molecular weight is 211 g/mol. The summed E-state index contributed by atoms with van der Waals surface area (Å²) in [6.07, 6.45) is 1.63. The molecule has 0 fully saturated rings. The summed E-state index contributed by atoms with van der Waals surface area (Å²) in [6, 6.07) is 5.07. The molecule has 1 aromatic rings. The van der Waals surface area contributed by atoms with Crippen LogP contribution < -0.4 is 11.5 Å². The summed E-state index contributed by atoms with van der Waals surface area (Å²) in [5, 5.41) is 0.566. The number of carbonyl (C=O) groups is 1. The summed E-state index contributed by atoms with van der Waals surface area (Å²) in [5.74, 6) is -0.459. The number of nitrogen functional groups attached to an aromatic ring is 1. The highest BCUT2D eigenvalue weighted by atomic mass is 35.5. The molecule has 1 amide bonds. The van der Waals surface area contributed by atoms with Gasteiger partial charge in [-0.25, -0.2) is 0 Å². The van der Waals surface area contributed by atoms with Gasteiger partial charge in [0.05, 0.1) is 0 Å². The van der Waals surface area contributed by atoms with Gasteiger partial charge in [-0.15, -0.1) is 0 Å². The van der Waals surface area contributed by atoms with E-state index in [1.807, 2.05) is 0 Å². The van der Waals surface area contributed by atoms with Crippen LogP contribution in [0.15, 0.2) is 23.8 Å². The molecule has 1 rings (SSSR count). The van der Waals surface area contributed by atoms with Crippen molar-refractivity contribution >= 4 is 29.3 Å². The molecule has 14 heavy (non-hydrogen) atoms. The number of hydrogen-bond acceptors (Lipinski definition) is 2. The molecule has 1 aromatic carbocycles. The lowest BCUT2D eigenvalue weighted by molar-refractivity contribution is -0.114. The van der Waals surface area contributed by atoms with Gasteiger partial charge in [-0.2, -0.15) is 0 Å². The third-order valence-electron chi connectivity index (χ3n) is 1.81. The van der Waals surface area contributed by atoms with Crippen molar-refractivity contribution in [3.63, 3.8) is 0 Å². The average Bonchev–Trinajstić information content (AvgIpc) is 2.09. The van der Waals surface area contributed by atoms with Crippen LogP contribution in [-0.2, 0) is 4.79 Å². The first-order valence-corrected chi connectivity index (χ1v) is 4.41. The molecule has 0 saturated heterocycles. The maximum absolute atomic E-state index is 10.8. The molecular weight excluding hydrogens is 200 g/mol. The second kappa shape index (κ2) is 4.15. The van der Waals surface area contributed by atoms with Crippen molar-refractivity contribution in [1.29, 1.82) is 0 Å². The van der Waals surface area contributed by atoms with Crippen LogP contribution in [0.1, 0.15) is 12.5 Å². The topological polar surface area (TPSA) is 69.1 Å². The highest BCUT2D eigenvalue weighted by molar-refractivity contribution is 6.30. The van der Waals surface area contributed by atoms with Crippen LogP contribution in [-0.4, -0.2) is 5.91 Å². The maximum atomic E-state index is 10.8. The van der Waals surface area contributed by atoms with Crippen LogP contribution in [0.2, 0.25) is 5.02 Å². The smallest absolute Gasteiger partial charge is 0.244 e. The van der Waals surface area contributed by atoms with Crippen molar-refractivity contribution in [2.24, 2.45) is 5.73 Å². The molecule has 4 N–H and O–H groups in total. The fraction of sp³-hybridized carbons (Fsp3) is 0.100. The van der Waals surface area contributed by atoms with Crippen LogP contribution in [0.4, 0.5) is 5.69 Å². The number of amides is 1. The Morgan fingerprint density at radius 2 is 2.14 bits per heavy atom. The molecule has 0 atom stereocenters. The molecule has 0 unspecified atom stereocenters. The van der Waals surface area contributed by atoms with Crippen LogP contribution >= 0.6 is 11.6 Å². The Balaban J connectivity index is 3.09. The van der Waals surface area contributed by atoms with Crippen LogP contribution in [0.3, 0.4) is 0 Å². The first kappa shape index (κ1) is 10.6. The highest BCUT2D eigenvalue weighted by Crippen LogP contribution is 2.20. The van der Waals surface area contributed by atoms with Gasteiger partial charge in [0.25, 0.3) is 0 Å². The Labute approximate surface area is 87.3 Å². The predicted molar refractivity (Wildman–Crippen MR) is 58.7 cm³/mol. The number of rotatable bonds is 2. The van der Waals surface area contributed by atoms with Gasteiger partial charge in [-0.3, -0.25) is 4.79 Å². The fourth-order valence-electron chi connectivity index (χ4n) is 0.981. The Hall–Kier alpha value is -1.48. The van der Waals surface area contributed by atoms with E-state index in [0.29, 0.717) is 16.3 Å². The van der Waals surface area contributed by atoms with Crippen molar-refractivity contribution < 1.29 is 4.79 Å². The van der Waals surface area contributed by atoms with E-state index < -0.39 is 5.91 Å². The van der Waals surface area contributed by atoms with Gasteiger partial charge in [0, 0.05) is 16.3 Å². The molecule has 0 saturated carbocycles. The van der Waals surface area contributed by atoms with Crippen LogP contribution in [0.25, 0.3) is 6.08 Å². The molecule has 0 bridgehead atoms. The largest absolute Gasteiger partial charge is 0.398 e. The summed E-state index contributed by atoms with van der Waals surface area (Å²) >= 11 is 5.72. The number of benzene rings is 1. The van der Waals surface area contributed by atoms with E-state index in [1.54, 1.807) is 31.2 Å². The van der Waals surface area contributed by atoms with Gasteiger partial charge in [0.15, 0.2) is 0 Å². The van der Waals surface area contributed by atoms with E-state index in [2.05, 4.69) is 0 Å². The van der Waals surface area contributed by atoms with Crippen molar-refractivity contribution in [1.82, 2.24) is 0 Å². The van der Waals surface area contributed by atoms with Crippen molar-refractivity contribution in [3.05, 3.63) is 34.4 Å². The second-order valence-electron chi connectivity index (χ2n) is 2.96. The van der Waals surface area contributed by atoms with Gasteiger partial charge in [0.2, 0.25) is 5.91 Å². The SMILES string of the molecule is C/C(=C\c1ccc(Cl)cc1N)C(N)=O. The molecule has 0 radical (unpaired) electrons. The molecule has 0 spiro atoms. The molecule has 0 heterocycles. The zero-order chi connectivity index (χ0) is 10.7. The number of primary amides is 1. The number of hydrogen-bond donors (Lipinski definition) is 2. The number of nitrogens with two attached hydrogens (primary N) is 2. The lowest BCUT2D eigenvalue weighted by Gasteiger charge is -2.01. The van der Waals surface area contributed by atoms with Crippen LogP contribution in [0, 0.1) is 0 Å². The van der Waals surface area contributed by atoms with E-state index in [4.69, 9.17) is 23.1 Å². The molecule has 0 aliphatic rings. The molecule has 4 heteroatoms. The lowest BCUT2D eigenvalue weighted by Crippen LogP contribution is -2.11. The van der Waals surface area contributed by atoms with Crippen molar-refractivity contribution in [2.45, 2.75) is 6.92 Å². The lowest BCUT2D eigenvalue weighted by atomic mass is 10.1. The number of anilines is 1. The van der Waals surface area contributed by atoms with Gasteiger partial charge in [0.1, 0.15) is 0 Å². The van der Waals surface area contributed by atoms with E-state index >= 15 is 0 Å². The molecule has 3 nitrogen and oxygen atoms in total. The second-order valence-corrected chi connectivity index (χ2v) is 3.40. The van der Waals surface area contributed by atoms with E-state index in [9.17, 15) is 4.79 Å². The molecule has 0 aliphatic heterocycles. The number of halogens is 1. The minimum atomic E-state index is -0.459. The van der Waals surface area contributed by atoms with Gasteiger partial charge < -0.3 is 11.5 Å². The summed E-state index contributed by atoms with van der Waals surface area (Å²) in [6.45, 7) is 1.64. The predicted octanol–water partition coefficient (Wildman–Crippen LogP) is 1.81. The standard InChI is InChI=1S/C10H11ClN2O/c1-6(10(13)14)4-7-2-3-8(11)5-9(7)12/h2-5H,12H2,1H3,(H2,13,14)/b6-4+. The Bertz CT molecular complexity index is 399. The van der Waals surface area contributed by atoms with E-state index in [0.717, 1.165) is 5.56 Å². The molecular formula is C10H11ClN2O. The van der Waals surface area contributed by atoms with Gasteiger partial charge in [-0.05, 0) is 30.7 Å². The zero-order valence-electron chi connectivity index (χ0n) is 7.75. The summed E-state index contributed by atoms with van der Waals surface area (Å²) in [7, 11) is 0. The number of carbonyl (C=O) groups excluding carboxylic acids is 1. The minimum absolute atomic E-state index is 0.457. The molecule has 74 valence electrons. The van der Waals surface area contributed by atoms with Gasteiger partial charge in [-0.1, -0.05) is 17.7 Å². The minimum Gasteiger partial charge on any atom is -0.398 e. The van der Waals surface area contributed by atoms with Gasteiger partial charge >= 0.3 is 0 Å². The maximum Gasteiger partial charge on any atom is 0.244 e.